The summed E-state index contributed by atoms with van der Waals surface area (Å²) >= 11 is 0. The van der Waals surface area contributed by atoms with E-state index in [1.54, 1.807) is 17.9 Å². The molecule has 0 radical (unpaired) electrons. The predicted octanol–water partition coefficient (Wildman–Crippen LogP) is 3.30. The average molecular weight is 314 g/mol. The van der Waals surface area contributed by atoms with E-state index in [-0.39, 0.29) is 29.2 Å². The number of nitrogens with zero attached hydrogens (tertiary/aromatic N) is 2. The Morgan fingerprint density at radius 2 is 2.04 bits per heavy atom. The maximum absolute atomic E-state index is 12.5. The van der Waals surface area contributed by atoms with Crippen molar-refractivity contribution in [2.45, 2.75) is 39.3 Å². The highest BCUT2D eigenvalue weighted by Crippen LogP contribution is 2.45. The third-order valence-corrected chi connectivity index (χ3v) is 4.77. The number of aryl methyl sites for hydroxylation is 1. The Labute approximate surface area is 136 Å². The van der Waals surface area contributed by atoms with Crippen molar-refractivity contribution < 1.29 is 14.1 Å². The second-order valence-corrected chi connectivity index (χ2v) is 6.74. The van der Waals surface area contributed by atoms with Gasteiger partial charge in [0.2, 0.25) is 5.76 Å². The van der Waals surface area contributed by atoms with Crippen molar-refractivity contribution >= 4 is 5.91 Å². The summed E-state index contributed by atoms with van der Waals surface area (Å²) in [5.41, 5.74) is 0.579. The minimum atomic E-state index is -0.137. The lowest BCUT2D eigenvalue weighted by molar-refractivity contribution is -0.0892. The zero-order valence-electron chi connectivity index (χ0n) is 13.9. The number of para-hydroxylation sites is 1. The molecule has 1 fully saturated rings. The molecular weight excluding hydrogens is 292 g/mol. The van der Waals surface area contributed by atoms with Crippen LogP contribution < -0.4 is 4.74 Å². The summed E-state index contributed by atoms with van der Waals surface area (Å²) in [7, 11) is 1.81. The summed E-state index contributed by atoms with van der Waals surface area (Å²) in [6.07, 6.45) is 0.888. The summed E-state index contributed by atoms with van der Waals surface area (Å²) in [5.74, 6) is 1.01. The molecule has 1 aromatic heterocycles. The molecular formula is C18H22N2O3. The van der Waals surface area contributed by atoms with Gasteiger partial charge in [-0.25, -0.2) is 0 Å². The molecule has 23 heavy (non-hydrogen) atoms. The van der Waals surface area contributed by atoms with Crippen LogP contribution in [-0.2, 0) is 0 Å². The summed E-state index contributed by atoms with van der Waals surface area (Å²) < 4.78 is 11.1. The first-order valence-electron chi connectivity index (χ1n) is 7.82. The topological polar surface area (TPSA) is 55.6 Å². The third kappa shape index (κ3) is 2.83. The first kappa shape index (κ1) is 15.6. The molecule has 2 aromatic rings. The molecule has 1 heterocycles. The fourth-order valence-corrected chi connectivity index (χ4v) is 3.16. The monoisotopic (exact) mass is 314 g/mol. The van der Waals surface area contributed by atoms with Gasteiger partial charge in [-0.05, 0) is 19.1 Å². The molecule has 1 aliphatic carbocycles. The van der Waals surface area contributed by atoms with E-state index in [9.17, 15) is 4.79 Å². The minimum Gasteiger partial charge on any atom is -0.490 e. The van der Waals surface area contributed by atoms with Crippen molar-refractivity contribution in [1.29, 1.82) is 0 Å². The zero-order valence-corrected chi connectivity index (χ0v) is 13.9. The van der Waals surface area contributed by atoms with Crippen LogP contribution in [0.4, 0.5) is 0 Å². The maximum atomic E-state index is 12.5. The Kier molecular flexibility index (Phi) is 3.88. The molecule has 1 saturated carbocycles. The summed E-state index contributed by atoms with van der Waals surface area (Å²) in [5, 5.41) is 3.78. The summed E-state index contributed by atoms with van der Waals surface area (Å²) in [6.45, 7) is 6.06. The van der Waals surface area contributed by atoms with E-state index in [2.05, 4.69) is 19.0 Å². The number of benzene rings is 1. The van der Waals surface area contributed by atoms with Gasteiger partial charge in [-0.15, -0.1) is 0 Å². The van der Waals surface area contributed by atoms with Gasteiger partial charge in [0.1, 0.15) is 11.9 Å². The number of hydrogen-bond acceptors (Lipinski definition) is 4. The molecule has 1 aliphatic rings. The Morgan fingerprint density at radius 1 is 1.35 bits per heavy atom. The Hall–Kier alpha value is -2.30. The quantitative estimate of drug-likeness (QED) is 0.869. The normalized spacial score (nSPS) is 22.3. The van der Waals surface area contributed by atoms with Gasteiger partial charge in [0.15, 0.2) is 0 Å². The average Bonchev–Trinajstić information content (AvgIpc) is 2.97. The van der Waals surface area contributed by atoms with Crippen molar-refractivity contribution in [3.63, 3.8) is 0 Å². The van der Waals surface area contributed by atoms with E-state index < -0.39 is 0 Å². The van der Waals surface area contributed by atoms with Crippen LogP contribution in [0.2, 0.25) is 0 Å². The Morgan fingerprint density at radius 3 is 2.61 bits per heavy atom. The molecule has 0 spiro atoms. The molecule has 5 nitrogen and oxygen atoms in total. The first-order chi connectivity index (χ1) is 10.9. The smallest absolute Gasteiger partial charge is 0.292 e. The van der Waals surface area contributed by atoms with Gasteiger partial charge in [-0.3, -0.25) is 4.79 Å². The van der Waals surface area contributed by atoms with Crippen LogP contribution in [0.3, 0.4) is 0 Å². The highest BCUT2D eigenvalue weighted by molar-refractivity contribution is 5.91. The van der Waals surface area contributed by atoms with Crippen molar-refractivity contribution in [1.82, 2.24) is 10.1 Å². The number of aromatic nitrogens is 1. The van der Waals surface area contributed by atoms with Gasteiger partial charge in [0.25, 0.3) is 5.91 Å². The SMILES string of the molecule is Cc1cc(C(=O)N(C)[C@H]2C[C@H](Oc3ccccc3)C2(C)C)on1. The molecule has 2 atom stereocenters. The van der Waals surface area contributed by atoms with Crippen LogP contribution in [0.1, 0.15) is 36.5 Å². The van der Waals surface area contributed by atoms with Gasteiger partial charge in [0.05, 0.1) is 5.69 Å². The van der Waals surface area contributed by atoms with E-state index >= 15 is 0 Å². The van der Waals surface area contributed by atoms with Crippen LogP contribution >= 0.6 is 0 Å². The molecule has 3 rings (SSSR count). The largest absolute Gasteiger partial charge is 0.490 e. The highest BCUT2D eigenvalue weighted by atomic mass is 16.5. The zero-order chi connectivity index (χ0) is 16.6. The second-order valence-electron chi connectivity index (χ2n) is 6.74. The lowest BCUT2D eigenvalue weighted by atomic mass is 9.63. The van der Waals surface area contributed by atoms with E-state index in [0.29, 0.717) is 5.69 Å². The standard InChI is InChI=1S/C18H22N2O3/c1-12-10-14(23-19-12)17(21)20(4)15-11-16(18(15,2)3)22-13-8-6-5-7-9-13/h5-10,15-16H,11H2,1-4H3/t15-,16-/m0/s1. The van der Waals surface area contributed by atoms with E-state index in [4.69, 9.17) is 9.26 Å². The van der Waals surface area contributed by atoms with Gasteiger partial charge < -0.3 is 14.2 Å². The van der Waals surface area contributed by atoms with E-state index in [1.807, 2.05) is 37.4 Å². The number of carbonyl (C=O) groups is 1. The van der Waals surface area contributed by atoms with Crippen LogP contribution in [0.5, 0.6) is 5.75 Å². The fourth-order valence-electron chi connectivity index (χ4n) is 3.16. The van der Waals surface area contributed by atoms with Crippen LogP contribution in [0.15, 0.2) is 40.9 Å². The van der Waals surface area contributed by atoms with Crippen molar-refractivity contribution in [2.24, 2.45) is 5.41 Å². The van der Waals surface area contributed by atoms with Crippen molar-refractivity contribution in [3.8, 4) is 5.75 Å². The summed E-state index contributed by atoms with van der Waals surface area (Å²) in [4.78, 5) is 14.2. The molecule has 1 amide bonds. The van der Waals surface area contributed by atoms with Crippen LogP contribution in [0.25, 0.3) is 0 Å². The lowest BCUT2D eigenvalue weighted by Gasteiger charge is -2.54. The molecule has 0 unspecified atom stereocenters. The Balaban J connectivity index is 1.67. The summed E-state index contributed by atoms with van der Waals surface area (Å²) in [6, 6.07) is 11.6. The molecule has 1 aromatic carbocycles. The van der Waals surface area contributed by atoms with Gasteiger partial charge in [0, 0.05) is 31.0 Å². The molecule has 0 bridgehead atoms. The molecule has 0 aliphatic heterocycles. The van der Waals surface area contributed by atoms with Gasteiger partial charge >= 0.3 is 0 Å². The number of carbonyl (C=O) groups excluding carboxylic acids is 1. The van der Waals surface area contributed by atoms with Gasteiger partial charge in [-0.2, -0.15) is 0 Å². The molecule has 0 saturated heterocycles. The Bertz CT molecular complexity index is 693. The van der Waals surface area contributed by atoms with Crippen LogP contribution in [-0.4, -0.2) is 35.2 Å². The third-order valence-electron chi connectivity index (χ3n) is 4.77. The van der Waals surface area contributed by atoms with E-state index in [0.717, 1.165) is 12.2 Å². The number of amides is 1. The second kappa shape index (κ2) is 5.72. The van der Waals surface area contributed by atoms with E-state index in [1.165, 1.54) is 0 Å². The van der Waals surface area contributed by atoms with Crippen LogP contribution in [0, 0.1) is 12.3 Å². The van der Waals surface area contributed by atoms with Crippen molar-refractivity contribution in [3.05, 3.63) is 47.9 Å². The maximum Gasteiger partial charge on any atom is 0.292 e. The molecule has 122 valence electrons. The minimum absolute atomic E-state index is 0.0848. The van der Waals surface area contributed by atoms with Gasteiger partial charge in [-0.1, -0.05) is 37.2 Å². The number of hydrogen-bond donors (Lipinski definition) is 0. The fraction of sp³-hybridized carbons (Fsp3) is 0.444. The number of rotatable bonds is 4. The number of ether oxygens (including phenoxy) is 1. The highest BCUT2D eigenvalue weighted by Gasteiger charge is 2.53. The lowest BCUT2D eigenvalue weighted by Crippen LogP contribution is -2.63. The molecule has 0 N–H and O–H groups in total. The predicted molar refractivity (Wildman–Crippen MR) is 86.4 cm³/mol. The first-order valence-corrected chi connectivity index (χ1v) is 7.82. The molecule has 5 heteroatoms. The van der Waals surface area contributed by atoms with Crippen molar-refractivity contribution in [2.75, 3.05) is 7.05 Å².